The van der Waals surface area contributed by atoms with Crippen molar-refractivity contribution in [3.63, 3.8) is 0 Å². The second-order valence-electron chi connectivity index (χ2n) is 4.82. The third-order valence-corrected chi connectivity index (χ3v) is 3.93. The van der Waals surface area contributed by atoms with E-state index in [1.165, 1.54) is 0 Å². The molecule has 4 nitrogen and oxygen atoms in total. The van der Waals surface area contributed by atoms with Crippen molar-refractivity contribution in [2.24, 2.45) is 0 Å². The monoisotopic (exact) mass is 355 g/mol. The van der Waals surface area contributed by atoms with E-state index >= 15 is 0 Å². The van der Waals surface area contributed by atoms with Crippen molar-refractivity contribution < 1.29 is 4.79 Å². The predicted octanol–water partition coefficient (Wildman–Crippen LogP) is 4.44. The first-order chi connectivity index (χ1) is 9.38. The molecule has 0 aliphatic carbocycles. The van der Waals surface area contributed by atoms with Crippen LogP contribution in [0.4, 0.5) is 5.82 Å². The molecule has 6 heteroatoms. The summed E-state index contributed by atoms with van der Waals surface area (Å²) in [5, 5.41) is 3.33. The lowest BCUT2D eigenvalue weighted by atomic mass is 10.3. The van der Waals surface area contributed by atoms with Gasteiger partial charge in [-0.1, -0.05) is 11.6 Å². The first-order valence-electron chi connectivity index (χ1n) is 6.19. The van der Waals surface area contributed by atoms with Gasteiger partial charge in [0.2, 0.25) is 0 Å². The van der Waals surface area contributed by atoms with Crippen LogP contribution in [0.15, 0.2) is 29.0 Å². The molecule has 2 heterocycles. The first-order valence-corrected chi connectivity index (χ1v) is 7.36. The molecule has 0 atom stereocenters. The molecule has 106 valence electrons. The van der Waals surface area contributed by atoms with Crippen LogP contribution in [0, 0.1) is 6.92 Å². The van der Waals surface area contributed by atoms with Crippen molar-refractivity contribution in [3.05, 3.63) is 45.3 Å². The second-order valence-corrected chi connectivity index (χ2v) is 6.11. The Balaban J connectivity index is 2.26. The highest BCUT2D eigenvalue weighted by Crippen LogP contribution is 2.21. The fraction of sp³-hybridized carbons (Fsp3) is 0.286. The summed E-state index contributed by atoms with van der Waals surface area (Å²) in [6.07, 6.45) is 3.42. The maximum atomic E-state index is 12.3. The Morgan fingerprint density at radius 3 is 2.75 bits per heavy atom. The molecule has 0 aliphatic rings. The van der Waals surface area contributed by atoms with Gasteiger partial charge in [-0.15, -0.1) is 0 Å². The molecule has 1 N–H and O–H groups in total. The van der Waals surface area contributed by atoms with Crippen molar-refractivity contribution in [1.29, 1.82) is 0 Å². The van der Waals surface area contributed by atoms with Crippen LogP contribution in [0.1, 0.15) is 35.9 Å². The largest absolute Gasteiger partial charge is 0.339 e. The van der Waals surface area contributed by atoms with Crippen LogP contribution in [0.25, 0.3) is 0 Å². The number of carbonyl (C=O) groups excluding carboxylic acids is 1. The van der Waals surface area contributed by atoms with Crippen molar-refractivity contribution in [2.75, 3.05) is 5.32 Å². The van der Waals surface area contributed by atoms with Gasteiger partial charge in [-0.3, -0.25) is 4.79 Å². The highest BCUT2D eigenvalue weighted by atomic mass is 79.9. The van der Waals surface area contributed by atoms with Crippen LogP contribution in [0.5, 0.6) is 0 Å². The lowest BCUT2D eigenvalue weighted by molar-refractivity contribution is 0.101. The van der Waals surface area contributed by atoms with E-state index in [0.717, 1.165) is 10.0 Å². The molecule has 0 saturated carbocycles. The van der Waals surface area contributed by atoms with Crippen LogP contribution in [-0.2, 0) is 0 Å². The third-order valence-electron chi connectivity index (χ3n) is 2.89. The highest BCUT2D eigenvalue weighted by molar-refractivity contribution is 9.10. The summed E-state index contributed by atoms with van der Waals surface area (Å²) in [4.78, 5) is 16.5. The molecule has 0 radical (unpaired) electrons. The quantitative estimate of drug-likeness (QED) is 0.883. The van der Waals surface area contributed by atoms with Crippen molar-refractivity contribution in [2.45, 2.75) is 26.8 Å². The summed E-state index contributed by atoms with van der Waals surface area (Å²) in [6, 6.07) is 3.62. The zero-order chi connectivity index (χ0) is 14.9. The minimum Gasteiger partial charge on any atom is -0.339 e. The molecule has 0 fully saturated rings. The summed E-state index contributed by atoms with van der Waals surface area (Å²) < 4.78 is 2.74. The number of hydrogen-bond donors (Lipinski definition) is 1. The average molecular weight is 357 g/mol. The standard InChI is InChI=1S/C14H15BrClN3O/c1-8(2)19-7-10(16)5-12(19)14(20)18-13-4-9(3)11(15)6-17-13/h4-8H,1-3H3,(H,17,18,20). The Morgan fingerprint density at radius 2 is 2.15 bits per heavy atom. The van der Waals surface area contributed by atoms with E-state index in [9.17, 15) is 4.79 Å². The number of hydrogen-bond acceptors (Lipinski definition) is 2. The van der Waals surface area contributed by atoms with Crippen LogP contribution < -0.4 is 5.32 Å². The molecule has 2 aromatic rings. The predicted molar refractivity (Wildman–Crippen MR) is 84.5 cm³/mol. The Morgan fingerprint density at radius 1 is 1.45 bits per heavy atom. The van der Waals surface area contributed by atoms with E-state index in [-0.39, 0.29) is 11.9 Å². The summed E-state index contributed by atoms with van der Waals surface area (Å²) in [5.41, 5.74) is 1.53. The van der Waals surface area contributed by atoms with Crippen LogP contribution in [0.3, 0.4) is 0 Å². The molecule has 2 aromatic heterocycles. The SMILES string of the molecule is Cc1cc(NC(=O)c2cc(Cl)cn2C(C)C)ncc1Br. The third kappa shape index (κ3) is 3.22. The average Bonchev–Trinajstić information content (AvgIpc) is 2.76. The maximum Gasteiger partial charge on any atom is 0.273 e. The summed E-state index contributed by atoms with van der Waals surface area (Å²) in [7, 11) is 0. The topological polar surface area (TPSA) is 46.9 Å². The second kappa shape index (κ2) is 5.97. The molecule has 0 unspecified atom stereocenters. The highest BCUT2D eigenvalue weighted by Gasteiger charge is 2.15. The van der Waals surface area contributed by atoms with Crippen molar-refractivity contribution in [3.8, 4) is 0 Å². The molecule has 0 spiro atoms. The van der Waals surface area contributed by atoms with Gasteiger partial charge < -0.3 is 9.88 Å². The molecule has 2 rings (SSSR count). The molecular formula is C14H15BrClN3O. The fourth-order valence-electron chi connectivity index (χ4n) is 1.84. The van der Waals surface area contributed by atoms with Gasteiger partial charge in [0.15, 0.2) is 0 Å². The Labute approximate surface area is 131 Å². The minimum absolute atomic E-state index is 0.155. The fourth-order valence-corrected chi connectivity index (χ4v) is 2.27. The van der Waals surface area contributed by atoms with Crippen molar-refractivity contribution >= 4 is 39.3 Å². The Hall–Kier alpha value is -1.33. The number of nitrogens with zero attached hydrogens (tertiary/aromatic N) is 2. The van der Waals surface area contributed by atoms with E-state index < -0.39 is 0 Å². The summed E-state index contributed by atoms with van der Waals surface area (Å²) in [5.74, 6) is 0.295. The summed E-state index contributed by atoms with van der Waals surface area (Å²) in [6.45, 7) is 5.93. The molecule has 20 heavy (non-hydrogen) atoms. The minimum atomic E-state index is -0.222. The van der Waals surface area contributed by atoms with E-state index in [1.807, 2.05) is 31.4 Å². The van der Waals surface area contributed by atoms with Crippen LogP contribution in [-0.4, -0.2) is 15.5 Å². The van der Waals surface area contributed by atoms with Gasteiger partial charge in [0.05, 0.1) is 5.02 Å². The van der Waals surface area contributed by atoms with Crippen LogP contribution in [0.2, 0.25) is 5.02 Å². The number of rotatable bonds is 3. The zero-order valence-corrected chi connectivity index (χ0v) is 13.8. The van der Waals surface area contributed by atoms with Gasteiger partial charge in [0, 0.05) is 22.9 Å². The van der Waals surface area contributed by atoms with E-state index in [0.29, 0.717) is 16.5 Å². The van der Waals surface area contributed by atoms with Gasteiger partial charge in [0.1, 0.15) is 11.5 Å². The number of carbonyl (C=O) groups is 1. The first kappa shape index (κ1) is 15.1. The number of aromatic nitrogens is 2. The number of amides is 1. The van der Waals surface area contributed by atoms with E-state index in [1.54, 1.807) is 18.5 Å². The number of anilines is 1. The molecule has 1 amide bonds. The van der Waals surface area contributed by atoms with Gasteiger partial charge >= 0.3 is 0 Å². The smallest absolute Gasteiger partial charge is 0.273 e. The number of aryl methyl sites for hydroxylation is 1. The van der Waals surface area contributed by atoms with Gasteiger partial charge in [-0.25, -0.2) is 4.98 Å². The zero-order valence-electron chi connectivity index (χ0n) is 11.4. The lowest BCUT2D eigenvalue weighted by Crippen LogP contribution is -2.18. The number of pyridine rings is 1. The molecule has 0 saturated heterocycles. The van der Waals surface area contributed by atoms with Gasteiger partial charge in [-0.2, -0.15) is 0 Å². The number of halogens is 2. The van der Waals surface area contributed by atoms with Gasteiger partial charge in [0.25, 0.3) is 5.91 Å². The Bertz CT molecular complexity index is 652. The normalized spacial score (nSPS) is 10.9. The molecular weight excluding hydrogens is 342 g/mol. The maximum absolute atomic E-state index is 12.3. The Kier molecular flexibility index (Phi) is 4.50. The number of nitrogens with one attached hydrogen (secondary N) is 1. The molecule has 0 aromatic carbocycles. The van der Waals surface area contributed by atoms with Crippen LogP contribution >= 0.6 is 27.5 Å². The van der Waals surface area contributed by atoms with Gasteiger partial charge in [-0.05, 0) is 54.4 Å². The lowest BCUT2D eigenvalue weighted by Gasteiger charge is -2.12. The van der Waals surface area contributed by atoms with E-state index in [2.05, 4.69) is 26.2 Å². The molecule has 0 bridgehead atoms. The molecule has 0 aliphatic heterocycles. The van der Waals surface area contributed by atoms with Crippen molar-refractivity contribution in [1.82, 2.24) is 9.55 Å². The summed E-state index contributed by atoms with van der Waals surface area (Å²) >= 11 is 9.36. The van der Waals surface area contributed by atoms with E-state index in [4.69, 9.17) is 11.6 Å².